The third-order valence-electron chi connectivity index (χ3n) is 2.48. The van der Waals surface area contributed by atoms with Gasteiger partial charge in [-0.1, -0.05) is 12.1 Å². The lowest BCUT2D eigenvalue weighted by Crippen LogP contribution is -1.96. The summed E-state index contributed by atoms with van der Waals surface area (Å²) < 4.78 is 1.61. The Morgan fingerprint density at radius 3 is 3.00 bits per heavy atom. The third kappa shape index (κ3) is 2.01. The summed E-state index contributed by atoms with van der Waals surface area (Å²) in [4.78, 5) is 4.45. The normalized spacial score (nSPS) is 10.7. The van der Waals surface area contributed by atoms with Crippen LogP contribution in [0.3, 0.4) is 0 Å². The minimum atomic E-state index is 0.470. The molecule has 0 bridgehead atoms. The van der Waals surface area contributed by atoms with Gasteiger partial charge in [0.05, 0.1) is 11.4 Å². The van der Waals surface area contributed by atoms with Crippen LogP contribution in [0.5, 0.6) is 0 Å². The summed E-state index contributed by atoms with van der Waals surface area (Å²) in [6.07, 6.45) is 1.56. The van der Waals surface area contributed by atoms with Crippen molar-refractivity contribution in [3.63, 3.8) is 0 Å². The van der Waals surface area contributed by atoms with Gasteiger partial charge in [0.2, 0.25) is 0 Å². The van der Waals surface area contributed by atoms with Crippen LogP contribution < -0.4 is 5.73 Å². The van der Waals surface area contributed by atoms with Crippen LogP contribution in [-0.4, -0.2) is 25.2 Å². The van der Waals surface area contributed by atoms with Crippen LogP contribution in [0.15, 0.2) is 36.0 Å². The van der Waals surface area contributed by atoms with E-state index >= 15 is 0 Å². The zero-order chi connectivity index (χ0) is 12.4. The lowest BCUT2D eigenvalue weighted by atomic mass is 10.1. The van der Waals surface area contributed by atoms with Gasteiger partial charge in [0.25, 0.3) is 0 Å². The highest BCUT2D eigenvalue weighted by molar-refractivity contribution is 7.09. The Morgan fingerprint density at radius 1 is 1.33 bits per heavy atom. The standard InChI is InChI=1S/C11H10N6S/c12-5-11-14-10(6-18-11)8-2-1-3-9(4-8)17-7-13-15-16-17/h1-4,6-7H,5,12H2. The van der Waals surface area contributed by atoms with Crippen LogP contribution in [0.2, 0.25) is 0 Å². The summed E-state index contributed by atoms with van der Waals surface area (Å²) in [6, 6.07) is 7.89. The first-order chi connectivity index (χ1) is 8.86. The molecular formula is C11H10N6S. The van der Waals surface area contributed by atoms with Gasteiger partial charge in [-0.15, -0.1) is 16.4 Å². The summed E-state index contributed by atoms with van der Waals surface area (Å²) in [7, 11) is 0. The molecule has 1 aromatic carbocycles. The summed E-state index contributed by atoms with van der Waals surface area (Å²) in [5.41, 5.74) is 8.42. The molecule has 0 aliphatic heterocycles. The van der Waals surface area contributed by atoms with Crippen molar-refractivity contribution in [1.82, 2.24) is 25.2 Å². The first kappa shape index (κ1) is 11.0. The van der Waals surface area contributed by atoms with Crippen molar-refractivity contribution in [2.24, 2.45) is 5.73 Å². The van der Waals surface area contributed by atoms with E-state index < -0.39 is 0 Å². The van der Waals surface area contributed by atoms with E-state index in [9.17, 15) is 0 Å². The van der Waals surface area contributed by atoms with Gasteiger partial charge in [-0.3, -0.25) is 0 Å². The second-order valence-corrected chi connectivity index (χ2v) is 4.58. The van der Waals surface area contributed by atoms with E-state index in [1.807, 2.05) is 29.6 Å². The van der Waals surface area contributed by atoms with E-state index in [4.69, 9.17) is 5.73 Å². The van der Waals surface area contributed by atoms with E-state index in [-0.39, 0.29) is 0 Å². The fourth-order valence-electron chi connectivity index (χ4n) is 1.62. The maximum Gasteiger partial charge on any atom is 0.143 e. The highest BCUT2D eigenvalue weighted by Gasteiger charge is 2.05. The zero-order valence-corrected chi connectivity index (χ0v) is 10.2. The number of hydrogen-bond acceptors (Lipinski definition) is 6. The van der Waals surface area contributed by atoms with Gasteiger partial charge in [-0.25, -0.2) is 9.67 Å². The molecule has 0 fully saturated rings. The smallest absolute Gasteiger partial charge is 0.143 e. The molecule has 0 unspecified atom stereocenters. The molecular weight excluding hydrogens is 248 g/mol. The number of rotatable bonds is 3. The lowest BCUT2D eigenvalue weighted by molar-refractivity contribution is 0.789. The van der Waals surface area contributed by atoms with Crippen molar-refractivity contribution in [2.75, 3.05) is 0 Å². The largest absolute Gasteiger partial charge is 0.325 e. The molecule has 3 aromatic rings. The van der Waals surface area contributed by atoms with Gasteiger partial charge < -0.3 is 5.73 Å². The minimum Gasteiger partial charge on any atom is -0.325 e. The van der Waals surface area contributed by atoms with Crippen LogP contribution in [0.4, 0.5) is 0 Å². The maximum atomic E-state index is 5.57. The summed E-state index contributed by atoms with van der Waals surface area (Å²) in [6.45, 7) is 0.470. The van der Waals surface area contributed by atoms with E-state index in [1.165, 1.54) is 0 Å². The number of hydrogen-bond donors (Lipinski definition) is 1. The SMILES string of the molecule is NCc1nc(-c2cccc(-n3cnnn3)c2)cs1. The van der Waals surface area contributed by atoms with Gasteiger partial charge in [0, 0.05) is 17.5 Å². The Hall–Kier alpha value is -2.12. The molecule has 0 saturated heterocycles. The zero-order valence-electron chi connectivity index (χ0n) is 9.39. The van der Waals surface area contributed by atoms with Crippen LogP contribution in [0, 0.1) is 0 Å². The first-order valence-electron chi connectivity index (χ1n) is 5.35. The predicted octanol–water partition coefficient (Wildman–Crippen LogP) is 1.24. The van der Waals surface area contributed by atoms with Gasteiger partial charge in [-0.2, -0.15) is 0 Å². The Kier molecular flexibility index (Phi) is 2.83. The van der Waals surface area contributed by atoms with Crippen molar-refractivity contribution >= 4 is 11.3 Å². The summed E-state index contributed by atoms with van der Waals surface area (Å²) >= 11 is 1.56. The molecule has 0 aliphatic carbocycles. The fraction of sp³-hybridized carbons (Fsp3) is 0.0909. The van der Waals surface area contributed by atoms with Gasteiger partial charge in [0.15, 0.2) is 0 Å². The van der Waals surface area contributed by atoms with Crippen LogP contribution >= 0.6 is 11.3 Å². The second kappa shape index (κ2) is 4.63. The summed E-state index contributed by atoms with van der Waals surface area (Å²) in [5.74, 6) is 0. The van der Waals surface area contributed by atoms with Crippen molar-refractivity contribution in [3.05, 3.63) is 41.0 Å². The third-order valence-corrected chi connectivity index (χ3v) is 3.35. The number of aromatic nitrogens is 5. The Balaban J connectivity index is 2.00. The van der Waals surface area contributed by atoms with Crippen molar-refractivity contribution in [2.45, 2.75) is 6.54 Å². The Labute approximate surface area is 107 Å². The first-order valence-corrected chi connectivity index (χ1v) is 6.23. The summed E-state index contributed by atoms with van der Waals surface area (Å²) in [5, 5.41) is 14.0. The maximum absolute atomic E-state index is 5.57. The van der Waals surface area contributed by atoms with Gasteiger partial charge in [-0.05, 0) is 22.6 Å². The molecule has 2 heterocycles. The van der Waals surface area contributed by atoms with Crippen LogP contribution in [0.25, 0.3) is 16.9 Å². The molecule has 7 heteroatoms. The molecule has 6 nitrogen and oxygen atoms in total. The predicted molar refractivity (Wildman–Crippen MR) is 68.2 cm³/mol. The van der Waals surface area contributed by atoms with Crippen molar-refractivity contribution in [1.29, 1.82) is 0 Å². The highest BCUT2D eigenvalue weighted by Crippen LogP contribution is 2.23. The highest BCUT2D eigenvalue weighted by atomic mass is 32.1. The van der Waals surface area contributed by atoms with Gasteiger partial charge in [0.1, 0.15) is 11.3 Å². The minimum absolute atomic E-state index is 0.470. The van der Waals surface area contributed by atoms with E-state index in [0.717, 1.165) is 22.0 Å². The number of benzene rings is 1. The molecule has 0 aliphatic rings. The van der Waals surface area contributed by atoms with E-state index in [2.05, 4.69) is 20.5 Å². The van der Waals surface area contributed by atoms with Crippen LogP contribution in [-0.2, 0) is 6.54 Å². The number of thiazole rings is 1. The van der Waals surface area contributed by atoms with Crippen molar-refractivity contribution in [3.8, 4) is 16.9 Å². The molecule has 18 heavy (non-hydrogen) atoms. The van der Waals surface area contributed by atoms with Crippen molar-refractivity contribution < 1.29 is 0 Å². The molecule has 0 saturated carbocycles. The fourth-order valence-corrected chi connectivity index (χ4v) is 2.31. The molecule has 3 rings (SSSR count). The average Bonchev–Trinajstić information content (AvgIpc) is 3.10. The lowest BCUT2D eigenvalue weighted by Gasteiger charge is -2.01. The molecule has 2 aromatic heterocycles. The van der Waals surface area contributed by atoms with E-state index in [0.29, 0.717) is 6.54 Å². The number of nitrogens with two attached hydrogens (primary N) is 1. The Morgan fingerprint density at radius 2 is 2.28 bits per heavy atom. The quantitative estimate of drug-likeness (QED) is 0.764. The topological polar surface area (TPSA) is 82.5 Å². The average molecular weight is 258 g/mol. The molecule has 0 amide bonds. The Bertz CT molecular complexity index is 645. The second-order valence-electron chi connectivity index (χ2n) is 3.64. The molecule has 0 spiro atoms. The van der Waals surface area contributed by atoms with Crippen LogP contribution in [0.1, 0.15) is 5.01 Å². The number of tetrazole rings is 1. The van der Waals surface area contributed by atoms with E-state index in [1.54, 1.807) is 22.3 Å². The molecule has 90 valence electrons. The number of nitrogens with zero attached hydrogens (tertiary/aromatic N) is 5. The van der Waals surface area contributed by atoms with Gasteiger partial charge >= 0.3 is 0 Å². The monoisotopic (exact) mass is 258 g/mol. The molecule has 0 radical (unpaired) electrons. The molecule has 0 atom stereocenters. The molecule has 2 N–H and O–H groups in total.